The lowest BCUT2D eigenvalue weighted by Crippen LogP contribution is -2.45. The minimum atomic E-state index is -0.837. The molecule has 0 aromatic carbocycles. The highest BCUT2D eigenvalue weighted by molar-refractivity contribution is 5.74. The topological polar surface area (TPSA) is 78.9 Å². The van der Waals surface area contributed by atoms with E-state index in [2.05, 4.69) is 5.32 Å². The average molecular weight is 258 g/mol. The van der Waals surface area contributed by atoms with Gasteiger partial charge in [-0.15, -0.1) is 0 Å². The van der Waals surface area contributed by atoms with Crippen molar-refractivity contribution >= 4 is 12.0 Å². The molecule has 0 aliphatic carbocycles. The number of nitrogens with one attached hydrogen (secondary N) is 1. The zero-order valence-corrected chi connectivity index (χ0v) is 11.1. The third-order valence-electron chi connectivity index (χ3n) is 3.14. The Balaban J connectivity index is 2.20. The van der Waals surface area contributed by atoms with E-state index in [1.54, 1.807) is 7.05 Å². The molecule has 0 bridgehead atoms. The minimum Gasteiger partial charge on any atom is -0.481 e. The van der Waals surface area contributed by atoms with E-state index < -0.39 is 5.97 Å². The highest BCUT2D eigenvalue weighted by Gasteiger charge is 2.30. The van der Waals surface area contributed by atoms with Crippen molar-refractivity contribution in [2.75, 3.05) is 26.7 Å². The number of urea groups is 1. The monoisotopic (exact) mass is 258 g/mol. The third kappa shape index (κ3) is 4.91. The highest BCUT2D eigenvalue weighted by atomic mass is 16.5. The second-order valence-electron chi connectivity index (χ2n) is 4.98. The molecule has 1 aliphatic rings. The number of carbonyl (C=O) groups is 2. The molecule has 1 fully saturated rings. The molecule has 0 radical (unpaired) electrons. The van der Waals surface area contributed by atoms with Gasteiger partial charge in [0.2, 0.25) is 0 Å². The quantitative estimate of drug-likeness (QED) is 0.746. The molecule has 0 spiro atoms. The summed E-state index contributed by atoms with van der Waals surface area (Å²) in [6, 6.07) is -0.183. The van der Waals surface area contributed by atoms with Gasteiger partial charge < -0.3 is 20.1 Å². The smallest absolute Gasteiger partial charge is 0.317 e. The SMILES string of the molecule is CN(CCCC(=O)O)C(=O)NCC1(C)CCCO1. The molecule has 2 amide bonds. The van der Waals surface area contributed by atoms with Crippen molar-refractivity contribution < 1.29 is 19.4 Å². The second kappa shape index (κ2) is 6.58. The lowest BCUT2D eigenvalue weighted by molar-refractivity contribution is -0.137. The average Bonchev–Trinajstić information content (AvgIpc) is 2.73. The van der Waals surface area contributed by atoms with Crippen LogP contribution >= 0.6 is 0 Å². The fourth-order valence-electron chi connectivity index (χ4n) is 1.94. The number of aliphatic carboxylic acids is 1. The van der Waals surface area contributed by atoms with Crippen molar-refractivity contribution in [3.63, 3.8) is 0 Å². The Morgan fingerprint density at radius 3 is 2.78 bits per heavy atom. The molecule has 6 heteroatoms. The van der Waals surface area contributed by atoms with Gasteiger partial charge in [-0.05, 0) is 26.2 Å². The van der Waals surface area contributed by atoms with E-state index in [1.807, 2.05) is 6.92 Å². The first kappa shape index (κ1) is 14.8. The number of ether oxygens (including phenoxy) is 1. The van der Waals surface area contributed by atoms with E-state index in [-0.39, 0.29) is 18.1 Å². The van der Waals surface area contributed by atoms with Gasteiger partial charge in [0.05, 0.1) is 5.60 Å². The van der Waals surface area contributed by atoms with E-state index in [0.29, 0.717) is 19.5 Å². The van der Waals surface area contributed by atoms with Crippen molar-refractivity contribution in [3.8, 4) is 0 Å². The molecule has 0 aromatic heterocycles. The van der Waals surface area contributed by atoms with Gasteiger partial charge in [-0.2, -0.15) is 0 Å². The van der Waals surface area contributed by atoms with Gasteiger partial charge in [-0.25, -0.2) is 4.79 Å². The molecule has 1 aliphatic heterocycles. The van der Waals surface area contributed by atoms with Crippen molar-refractivity contribution in [3.05, 3.63) is 0 Å². The predicted molar refractivity (Wildman–Crippen MR) is 66.5 cm³/mol. The molecule has 1 heterocycles. The van der Waals surface area contributed by atoms with Crippen LogP contribution in [0.3, 0.4) is 0 Å². The van der Waals surface area contributed by atoms with Crippen LogP contribution in [-0.2, 0) is 9.53 Å². The summed E-state index contributed by atoms with van der Waals surface area (Å²) in [5.74, 6) is -0.837. The maximum atomic E-state index is 11.7. The molecule has 18 heavy (non-hydrogen) atoms. The Bertz CT molecular complexity index is 300. The molecule has 104 valence electrons. The van der Waals surface area contributed by atoms with Crippen LogP contribution in [-0.4, -0.2) is 54.4 Å². The van der Waals surface area contributed by atoms with Gasteiger partial charge in [-0.3, -0.25) is 4.79 Å². The number of carboxylic acid groups (broad SMARTS) is 1. The van der Waals surface area contributed by atoms with Crippen LogP contribution in [0.2, 0.25) is 0 Å². The number of nitrogens with zero attached hydrogens (tertiary/aromatic N) is 1. The van der Waals surface area contributed by atoms with Crippen LogP contribution in [0.4, 0.5) is 4.79 Å². The summed E-state index contributed by atoms with van der Waals surface area (Å²) < 4.78 is 5.57. The van der Waals surface area contributed by atoms with E-state index in [0.717, 1.165) is 19.4 Å². The minimum absolute atomic E-state index is 0.0818. The predicted octanol–water partition coefficient (Wildman–Crippen LogP) is 1.06. The molecule has 1 saturated heterocycles. The lowest BCUT2D eigenvalue weighted by atomic mass is 10.0. The first-order valence-corrected chi connectivity index (χ1v) is 6.28. The number of amides is 2. The lowest BCUT2D eigenvalue weighted by Gasteiger charge is -2.25. The van der Waals surface area contributed by atoms with Crippen molar-refractivity contribution in [2.45, 2.75) is 38.2 Å². The molecule has 0 aromatic rings. The van der Waals surface area contributed by atoms with Gasteiger partial charge in [0.15, 0.2) is 0 Å². The molecule has 1 atom stereocenters. The van der Waals surface area contributed by atoms with Crippen LogP contribution in [0.1, 0.15) is 32.6 Å². The van der Waals surface area contributed by atoms with E-state index >= 15 is 0 Å². The number of hydrogen-bond donors (Lipinski definition) is 2. The number of rotatable bonds is 6. The summed E-state index contributed by atoms with van der Waals surface area (Å²) in [5, 5.41) is 11.3. The summed E-state index contributed by atoms with van der Waals surface area (Å²) in [4.78, 5) is 23.6. The first-order chi connectivity index (χ1) is 8.43. The number of carboxylic acids is 1. The van der Waals surface area contributed by atoms with Crippen LogP contribution < -0.4 is 5.32 Å². The van der Waals surface area contributed by atoms with Crippen molar-refractivity contribution in [1.82, 2.24) is 10.2 Å². The molecule has 6 nitrogen and oxygen atoms in total. The maximum Gasteiger partial charge on any atom is 0.317 e. The van der Waals surface area contributed by atoms with Crippen LogP contribution in [0.5, 0.6) is 0 Å². The zero-order valence-electron chi connectivity index (χ0n) is 11.1. The Morgan fingerprint density at radius 2 is 2.22 bits per heavy atom. The van der Waals surface area contributed by atoms with Crippen LogP contribution in [0.15, 0.2) is 0 Å². The van der Waals surface area contributed by atoms with Crippen molar-refractivity contribution in [2.24, 2.45) is 0 Å². The standard InChI is InChI=1S/C12H22N2O4/c1-12(6-4-8-18-12)9-13-11(17)14(2)7-3-5-10(15)16/h3-9H2,1-2H3,(H,13,17)(H,15,16). The summed E-state index contributed by atoms with van der Waals surface area (Å²) in [6.45, 7) is 3.68. The molecule has 0 saturated carbocycles. The summed E-state index contributed by atoms with van der Waals surface area (Å²) in [6.07, 6.45) is 2.53. The molecule has 1 rings (SSSR count). The van der Waals surface area contributed by atoms with E-state index in [9.17, 15) is 9.59 Å². The Hall–Kier alpha value is -1.30. The van der Waals surface area contributed by atoms with Gasteiger partial charge in [0.25, 0.3) is 0 Å². The molecule has 2 N–H and O–H groups in total. The Morgan fingerprint density at radius 1 is 1.50 bits per heavy atom. The second-order valence-corrected chi connectivity index (χ2v) is 4.98. The molecular weight excluding hydrogens is 236 g/mol. The maximum absolute atomic E-state index is 11.7. The number of hydrogen-bond acceptors (Lipinski definition) is 3. The van der Waals surface area contributed by atoms with Crippen molar-refractivity contribution in [1.29, 1.82) is 0 Å². The van der Waals surface area contributed by atoms with Gasteiger partial charge in [0.1, 0.15) is 0 Å². The normalized spacial score (nSPS) is 22.8. The first-order valence-electron chi connectivity index (χ1n) is 6.28. The van der Waals surface area contributed by atoms with Crippen LogP contribution in [0.25, 0.3) is 0 Å². The zero-order chi connectivity index (χ0) is 13.6. The number of carbonyl (C=O) groups excluding carboxylic acids is 1. The van der Waals surface area contributed by atoms with Gasteiger partial charge in [-0.1, -0.05) is 0 Å². The Labute approximate surface area is 107 Å². The summed E-state index contributed by atoms with van der Waals surface area (Å²) >= 11 is 0. The van der Waals surface area contributed by atoms with E-state index in [4.69, 9.17) is 9.84 Å². The third-order valence-corrected chi connectivity index (χ3v) is 3.14. The Kier molecular flexibility index (Phi) is 5.40. The highest BCUT2D eigenvalue weighted by Crippen LogP contribution is 2.23. The van der Waals surface area contributed by atoms with Gasteiger partial charge >= 0.3 is 12.0 Å². The fraction of sp³-hybridized carbons (Fsp3) is 0.833. The summed E-state index contributed by atoms with van der Waals surface area (Å²) in [5.41, 5.74) is -0.252. The molecule has 1 unspecified atom stereocenters. The van der Waals surface area contributed by atoms with Gasteiger partial charge in [0, 0.05) is 33.2 Å². The fourth-order valence-corrected chi connectivity index (χ4v) is 1.94. The molecular formula is C12H22N2O4. The van der Waals surface area contributed by atoms with E-state index in [1.165, 1.54) is 4.90 Å². The largest absolute Gasteiger partial charge is 0.481 e. The van der Waals surface area contributed by atoms with Crippen LogP contribution in [0, 0.1) is 0 Å². The summed E-state index contributed by atoms with van der Waals surface area (Å²) in [7, 11) is 1.66.